The average Bonchev–Trinajstić information content (AvgIpc) is 2.80. The third kappa shape index (κ3) is 6.71. The molecular formula is C15H26N. The zero-order chi connectivity index (χ0) is 11.5. The van der Waals surface area contributed by atoms with Crippen molar-refractivity contribution in [3.8, 4) is 0 Å². The topological polar surface area (TPSA) is 15.8 Å². The third-order valence-corrected chi connectivity index (χ3v) is 3.15. The van der Waals surface area contributed by atoms with Crippen molar-refractivity contribution in [2.45, 2.75) is 71.1 Å². The second kappa shape index (κ2) is 9.50. The molecule has 0 saturated heterocycles. The van der Waals surface area contributed by atoms with Gasteiger partial charge >= 0.3 is 0 Å². The van der Waals surface area contributed by atoms with Crippen molar-refractivity contribution in [1.82, 2.24) is 4.98 Å². The largest absolute Gasteiger partial charge is 0.360 e. The Labute approximate surface area is 101 Å². The van der Waals surface area contributed by atoms with Crippen LogP contribution >= 0.6 is 0 Å². The zero-order valence-corrected chi connectivity index (χ0v) is 10.7. The Morgan fingerprint density at radius 1 is 0.938 bits per heavy atom. The van der Waals surface area contributed by atoms with Crippen LogP contribution in [-0.2, 0) is 6.42 Å². The van der Waals surface area contributed by atoms with Gasteiger partial charge in [-0.25, -0.2) is 0 Å². The third-order valence-electron chi connectivity index (χ3n) is 3.15. The molecule has 0 spiro atoms. The summed E-state index contributed by atoms with van der Waals surface area (Å²) in [6.45, 7) is 2.28. The number of H-pyrrole nitrogens is 1. The van der Waals surface area contributed by atoms with E-state index in [0.29, 0.717) is 0 Å². The molecule has 0 aliphatic rings. The predicted molar refractivity (Wildman–Crippen MR) is 70.6 cm³/mol. The van der Waals surface area contributed by atoms with Crippen molar-refractivity contribution in [1.29, 1.82) is 0 Å². The van der Waals surface area contributed by atoms with Crippen LogP contribution in [-0.4, -0.2) is 4.98 Å². The molecule has 0 bridgehead atoms. The summed E-state index contributed by atoms with van der Waals surface area (Å²) >= 11 is 0. The molecule has 0 fully saturated rings. The first-order valence-corrected chi connectivity index (χ1v) is 6.97. The minimum absolute atomic E-state index is 1.19. The van der Waals surface area contributed by atoms with Crippen LogP contribution in [0.3, 0.4) is 0 Å². The Bertz CT molecular complexity index is 226. The molecule has 0 amide bonds. The highest BCUT2D eigenvalue weighted by Gasteiger charge is 1.94. The molecule has 16 heavy (non-hydrogen) atoms. The average molecular weight is 220 g/mol. The van der Waals surface area contributed by atoms with E-state index >= 15 is 0 Å². The van der Waals surface area contributed by atoms with E-state index in [1.807, 2.05) is 6.20 Å². The molecule has 1 N–H and O–H groups in total. The monoisotopic (exact) mass is 220 g/mol. The molecule has 1 aromatic heterocycles. The first-order chi connectivity index (χ1) is 7.93. The molecule has 0 atom stereocenters. The number of nitrogens with one attached hydrogen (secondary N) is 1. The maximum atomic E-state index is 3.14. The fraction of sp³-hybridized carbons (Fsp3) is 0.733. The molecule has 1 rings (SSSR count). The summed E-state index contributed by atoms with van der Waals surface area (Å²) < 4.78 is 0. The lowest BCUT2D eigenvalue weighted by Crippen LogP contribution is -1.84. The number of aryl methyl sites for hydroxylation is 1. The van der Waals surface area contributed by atoms with Gasteiger partial charge in [-0.2, -0.15) is 0 Å². The lowest BCUT2D eigenvalue weighted by atomic mass is 10.1. The van der Waals surface area contributed by atoms with Crippen LogP contribution in [0.2, 0.25) is 0 Å². The summed E-state index contributed by atoms with van der Waals surface area (Å²) in [6.07, 6.45) is 18.9. The van der Waals surface area contributed by atoms with Crippen LogP contribution in [0.5, 0.6) is 0 Å². The predicted octanol–water partition coefficient (Wildman–Crippen LogP) is 4.89. The summed E-state index contributed by atoms with van der Waals surface area (Å²) in [5.41, 5.74) is 1.34. The first kappa shape index (κ1) is 13.3. The van der Waals surface area contributed by atoms with E-state index in [0.717, 1.165) is 0 Å². The van der Waals surface area contributed by atoms with Gasteiger partial charge in [-0.15, -0.1) is 0 Å². The van der Waals surface area contributed by atoms with E-state index in [1.165, 1.54) is 69.8 Å². The molecule has 91 valence electrons. The van der Waals surface area contributed by atoms with Gasteiger partial charge in [0, 0.05) is 6.20 Å². The summed E-state index contributed by atoms with van der Waals surface area (Å²) in [4.78, 5) is 2.99. The molecule has 1 radical (unpaired) electrons. The number of hydrogen-bond donors (Lipinski definition) is 1. The summed E-state index contributed by atoms with van der Waals surface area (Å²) in [6, 6.07) is 2.13. The van der Waals surface area contributed by atoms with Gasteiger partial charge in [0.15, 0.2) is 0 Å². The van der Waals surface area contributed by atoms with Gasteiger partial charge in [0.05, 0.1) is 6.20 Å². The van der Waals surface area contributed by atoms with Crippen molar-refractivity contribution in [3.05, 3.63) is 24.0 Å². The van der Waals surface area contributed by atoms with Crippen LogP contribution in [0.15, 0.2) is 12.3 Å². The van der Waals surface area contributed by atoms with Gasteiger partial charge in [-0.1, -0.05) is 58.3 Å². The van der Waals surface area contributed by atoms with E-state index in [-0.39, 0.29) is 0 Å². The summed E-state index contributed by atoms with van der Waals surface area (Å²) in [5, 5.41) is 0. The van der Waals surface area contributed by atoms with Gasteiger partial charge in [0.1, 0.15) is 0 Å². The fourth-order valence-electron chi connectivity index (χ4n) is 2.09. The molecule has 0 aliphatic heterocycles. The quantitative estimate of drug-likeness (QED) is 0.540. The standard InChI is InChI=1S/C15H26N/c1-2-3-4-5-6-7-8-9-10-11-15-12-13-16-14-15/h12-13,16H,2-11H2,1H3. The molecule has 1 heterocycles. The molecule has 1 heteroatoms. The van der Waals surface area contributed by atoms with Crippen LogP contribution in [0.25, 0.3) is 0 Å². The van der Waals surface area contributed by atoms with Gasteiger partial charge in [-0.3, -0.25) is 0 Å². The Morgan fingerprint density at radius 2 is 1.56 bits per heavy atom. The van der Waals surface area contributed by atoms with Crippen molar-refractivity contribution in [2.24, 2.45) is 0 Å². The van der Waals surface area contributed by atoms with E-state index in [1.54, 1.807) is 0 Å². The minimum Gasteiger partial charge on any atom is -0.360 e. The smallest absolute Gasteiger partial charge is 0.0654 e. The molecule has 0 aliphatic carbocycles. The van der Waals surface area contributed by atoms with Gasteiger partial charge in [0.25, 0.3) is 0 Å². The number of aromatic nitrogens is 1. The minimum atomic E-state index is 1.19. The Balaban J connectivity index is 1.78. The van der Waals surface area contributed by atoms with E-state index in [2.05, 4.69) is 24.2 Å². The highest BCUT2D eigenvalue weighted by atomic mass is 14.6. The highest BCUT2D eigenvalue weighted by molar-refractivity contribution is 5.06. The Hall–Kier alpha value is -0.720. The van der Waals surface area contributed by atoms with E-state index < -0.39 is 0 Å². The van der Waals surface area contributed by atoms with Gasteiger partial charge in [0.2, 0.25) is 0 Å². The zero-order valence-electron chi connectivity index (χ0n) is 10.7. The number of rotatable bonds is 10. The summed E-state index contributed by atoms with van der Waals surface area (Å²) in [5.74, 6) is 0. The van der Waals surface area contributed by atoms with Crippen molar-refractivity contribution in [3.63, 3.8) is 0 Å². The van der Waals surface area contributed by atoms with Crippen LogP contribution in [0.1, 0.15) is 70.3 Å². The number of unbranched alkanes of at least 4 members (excludes halogenated alkanes) is 8. The second-order valence-electron chi connectivity index (χ2n) is 4.71. The molecule has 0 aromatic carbocycles. The van der Waals surface area contributed by atoms with Crippen LogP contribution in [0, 0.1) is 6.20 Å². The number of hydrogen-bond acceptors (Lipinski definition) is 0. The Kier molecular flexibility index (Phi) is 7.93. The van der Waals surface area contributed by atoms with Crippen molar-refractivity contribution >= 4 is 0 Å². The lowest BCUT2D eigenvalue weighted by Gasteiger charge is -2.01. The highest BCUT2D eigenvalue weighted by Crippen LogP contribution is 2.11. The molecule has 1 nitrogen and oxygen atoms in total. The first-order valence-electron chi connectivity index (χ1n) is 6.97. The molecule has 1 aromatic rings. The fourth-order valence-corrected chi connectivity index (χ4v) is 2.09. The van der Waals surface area contributed by atoms with Crippen LogP contribution < -0.4 is 0 Å². The van der Waals surface area contributed by atoms with Crippen LogP contribution in [0.4, 0.5) is 0 Å². The molecule has 0 saturated carbocycles. The number of aromatic amines is 1. The van der Waals surface area contributed by atoms with Crippen molar-refractivity contribution in [2.75, 3.05) is 0 Å². The normalized spacial score (nSPS) is 10.8. The molecule has 0 unspecified atom stereocenters. The lowest BCUT2D eigenvalue weighted by molar-refractivity contribution is 0.565. The maximum Gasteiger partial charge on any atom is 0.0654 e. The van der Waals surface area contributed by atoms with Crippen molar-refractivity contribution < 1.29 is 0 Å². The SMILES string of the molecule is CCCCCCCCCCCc1[c][nH]cc1. The van der Waals surface area contributed by atoms with E-state index in [9.17, 15) is 0 Å². The van der Waals surface area contributed by atoms with E-state index in [4.69, 9.17) is 0 Å². The maximum absolute atomic E-state index is 3.14. The second-order valence-corrected chi connectivity index (χ2v) is 4.71. The molecular weight excluding hydrogens is 194 g/mol. The Morgan fingerprint density at radius 3 is 2.12 bits per heavy atom. The van der Waals surface area contributed by atoms with Gasteiger partial charge < -0.3 is 4.98 Å². The summed E-state index contributed by atoms with van der Waals surface area (Å²) in [7, 11) is 0. The van der Waals surface area contributed by atoms with Gasteiger partial charge in [-0.05, 0) is 24.5 Å².